The third kappa shape index (κ3) is 2.60. The maximum Gasteiger partial charge on any atom is 0.0809 e. The lowest BCUT2D eigenvalue weighted by Crippen LogP contribution is -2.53. The van der Waals surface area contributed by atoms with Gasteiger partial charge in [-0.05, 0) is 79.6 Å². The highest BCUT2D eigenvalue weighted by molar-refractivity contribution is 5.54. The molecule has 0 saturated heterocycles. The Balaban J connectivity index is 1.45. The van der Waals surface area contributed by atoms with Gasteiger partial charge in [0.2, 0.25) is 0 Å². The first kappa shape index (κ1) is 18.0. The molecule has 1 aromatic rings. The molecule has 0 amide bonds. The van der Waals surface area contributed by atoms with Gasteiger partial charge in [0.15, 0.2) is 0 Å². The lowest BCUT2D eigenvalue weighted by molar-refractivity contribution is -0.119. The number of rotatable bonds is 1. The van der Waals surface area contributed by atoms with E-state index < -0.39 is 0 Å². The summed E-state index contributed by atoms with van der Waals surface area (Å²) in [5.41, 5.74) is 3.04. The van der Waals surface area contributed by atoms with Gasteiger partial charge in [-0.25, -0.2) is 0 Å². The standard InChI is InChI=1S/C24H36N2O/c1-23-10-5-4-6-18(23)7-8-19-20(23)9-11-24(2)21(19)13-17(22(24)27)12-16-14-25-26(3)15-16/h12,14-15,18-22,27H,4-11,13H2,1-3H3/b17-12-/t18-,19+,20-,21-,22+,23+,24+/m1/s1. The number of aromatic nitrogens is 2. The second kappa shape index (κ2) is 6.20. The molecule has 4 aliphatic carbocycles. The molecule has 1 heterocycles. The number of aliphatic hydroxyl groups excluding tert-OH is 1. The Morgan fingerprint density at radius 2 is 1.93 bits per heavy atom. The molecule has 0 aliphatic heterocycles. The highest BCUT2D eigenvalue weighted by Crippen LogP contribution is 2.66. The fourth-order valence-corrected chi connectivity index (χ4v) is 8.02. The van der Waals surface area contributed by atoms with E-state index in [1.807, 2.05) is 17.9 Å². The Morgan fingerprint density at radius 3 is 2.70 bits per heavy atom. The smallest absolute Gasteiger partial charge is 0.0809 e. The Bertz CT molecular complexity index is 751. The van der Waals surface area contributed by atoms with Crippen molar-refractivity contribution in [1.29, 1.82) is 0 Å². The van der Waals surface area contributed by atoms with Crippen molar-refractivity contribution in [1.82, 2.24) is 9.78 Å². The molecule has 0 aromatic carbocycles. The summed E-state index contributed by atoms with van der Waals surface area (Å²) in [4.78, 5) is 0. The van der Waals surface area contributed by atoms with Gasteiger partial charge in [-0.1, -0.05) is 32.8 Å². The molecule has 27 heavy (non-hydrogen) atoms. The lowest BCUT2D eigenvalue weighted by Gasteiger charge is -2.60. The van der Waals surface area contributed by atoms with Gasteiger partial charge >= 0.3 is 0 Å². The van der Waals surface area contributed by atoms with Crippen molar-refractivity contribution in [2.75, 3.05) is 0 Å². The topological polar surface area (TPSA) is 38.0 Å². The number of nitrogens with zero attached hydrogens (tertiary/aromatic N) is 2. The van der Waals surface area contributed by atoms with E-state index in [2.05, 4.69) is 31.2 Å². The van der Waals surface area contributed by atoms with E-state index in [-0.39, 0.29) is 11.5 Å². The Labute approximate surface area is 164 Å². The zero-order valence-corrected chi connectivity index (χ0v) is 17.3. The first-order valence-corrected chi connectivity index (χ1v) is 11.3. The number of fused-ring (bicyclic) bond motifs is 5. The third-order valence-corrected chi connectivity index (χ3v) is 9.53. The van der Waals surface area contributed by atoms with E-state index in [0.29, 0.717) is 11.3 Å². The summed E-state index contributed by atoms with van der Waals surface area (Å²) in [5, 5.41) is 15.6. The third-order valence-electron chi connectivity index (χ3n) is 9.53. The summed E-state index contributed by atoms with van der Waals surface area (Å²) in [5.74, 6) is 3.33. The summed E-state index contributed by atoms with van der Waals surface area (Å²) in [7, 11) is 1.96. The monoisotopic (exact) mass is 368 g/mol. The van der Waals surface area contributed by atoms with Crippen LogP contribution in [0.4, 0.5) is 0 Å². The van der Waals surface area contributed by atoms with Gasteiger partial charge in [0.05, 0.1) is 12.3 Å². The molecule has 1 aromatic heterocycles. The Kier molecular flexibility index (Phi) is 4.13. The summed E-state index contributed by atoms with van der Waals surface area (Å²) < 4.78 is 1.85. The SMILES string of the molecule is Cn1cc(/C=C2/C[C@@H]3[C@H]4CC[C@H]5CCCC[C@]5(C)[C@@H]4CC[C@]3(C)[C@H]2O)cn1. The number of hydrogen-bond acceptors (Lipinski definition) is 2. The van der Waals surface area contributed by atoms with Crippen LogP contribution >= 0.6 is 0 Å². The molecule has 1 N–H and O–H groups in total. The Morgan fingerprint density at radius 1 is 1.07 bits per heavy atom. The van der Waals surface area contributed by atoms with Crippen molar-refractivity contribution in [3.63, 3.8) is 0 Å². The van der Waals surface area contributed by atoms with Crippen LogP contribution in [0.25, 0.3) is 6.08 Å². The average molecular weight is 369 g/mol. The number of hydrogen-bond donors (Lipinski definition) is 1. The van der Waals surface area contributed by atoms with Crippen LogP contribution in [0.1, 0.15) is 77.2 Å². The summed E-state index contributed by atoms with van der Waals surface area (Å²) in [6.45, 7) is 5.02. The normalized spacial score (nSPS) is 48.1. The second-order valence-corrected chi connectivity index (χ2v) is 10.7. The van der Waals surface area contributed by atoms with Gasteiger partial charge in [-0.15, -0.1) is 0 Å². The van der Waals surface area contributed by atoms with Gasteiger partial charge < -0.3 is 5.11 Å². The fraction of sp³-hybridized carbons (Fsp3) is 0.792. The van der Waals surface area contributed by atoms with Gasteiger partial charge in [0.1, 0.15) is 0 Å². The van der Waals surface area contributed by atoms with Crippen molar-refractivity contribution >= 4 is 6.08 Å². The van der Waals surface area contributed by atoms with Crippen molar-refractivity contribution < 1.29 is 5.11 Å². The molecule has 148 valence electrons. The number of aryl methyl sites for hydroxylation is 1. The van der Waals surface area contributed by atoms with Crippen molar-refractivity contribution in [3.8, 4) is 0 Å². The van der Waals surface area contributed by atoms with Crippen LogP contribution in [0.5, 0.6) is 0 Å². The minimum Gasteiger partial charge on any atom is -0.388 e. The van der Waals surface area contributed by atoms with E-state index in [0.717, 1.165) is 29.7 Å². The largest absolute Gasteiger partial charge is 0.388 e. The highest BCUT2D eigenvalue weighted by Gasteiger charge is 2.60. The maximum absolute atomic E-state index is 11.3. The van der Waals surface area contributed by atoms with Gasteiger partial charge in [0, 0.05) is 24.2 Å². The molecular weight excluding hydrogens is 332 g/mol. The zero-order valence-electron chi connectivity index (χ0n) is 17.3. The molecule has 4 fully saturated rings. The van der Waals surface area contributed by atoms with Gasteiger partial charge in [0.25, 0.3) is 0 Å². The molecule has 0 radical (unpaired) electrons. The van der Waals surface area contributed by atoms with E-state index >= 15 is 0 Å². The van der Waals surface area contributed by atoms with Crippen LogP contribution in [0.15, 0.2) is 18.0 Å². The number of aliphatic hydroxyl groups is 1. The predicted molar refractivity (Wildman–Crippen MR) is 109 cm³/mol. The summed E-state index contributed by atoms with van der Waals surface area (Å²) >= 11 is 0. The second-order valence-electron chi connectivity index (χ2n) is 10.7. The van der Waals surface area contributed by atoms with E-state index in [1.54, 1.807) is 0 Å². The maximum atomic E-state index is 11.3. The molecule has 5 rings (SSSR count). The molecular formula is C24H36N2O. The lowest BCUT2D eigenvalue weighted by atomic mass is 9.45. The van der Waals surface area contributed by atoms with Crippen LogP contribution in [0.3, 0.4) is 0 Å². The van der Waals surface area contributed by atoms with Crippen LogP contribution < -0.4 is 0 Å². The summed E-state index contributed by atoms with van der Waals surface area (Å²) in [6.07, 6.45) is 18.2. The molecule has 0 unspecified atom stereocenters. The average Bonchev–Trinajstić information content (AvgIpc) is 3.16. The fourth-order valence-electron chi connectivity index (χ4n) is 8.02. The molecule has 4 saturated carbocycles. The minimum absolute atomic E-state index is 0.0765. The van der Waals surface area contributed by atoms with Crippen molar-refractivity contribution in [3.05, 3.63) is 23.5 Å². The van der Waals surface area contributed by atoms with E-state index in [9.17, 15) is 5.11 Å². The zero-order chi connectivity index (χ0) is 18.8. The predicted octanol–water partition coefficient (Wildman–Crippen LogP) is 5.21. The first-order valence-electron chi connectivity index (χ1n) is 11.3. The van der Waals surface area contributed by atoms with Crippen molar-refractivity contribution in [2.24, 2.45) is 41.5 Å². The quantitative estimate of drug-likeness (QED) is 0.739. The molecule has 0 bridgehead atoms. The first-order chi connectivity index (χ1) is 12.9. The van der Waals surface area contributed by atoms with Crippen molar-refractivity contribution in [2.45, 2.75) is 77.7 Å². The minimum atomic E-state index is -0.277. The van der Waals surface area contributed by atoms with Crippen LogP contribution in [-0.4, -0.2) is 21.0 Å². The molecule has 0 spiro atoms. The highest BCUT2D eigenvalue weighted by atomic mass is 16.3. The van der Waals surface area contributed by atoms with Gasteiger partial charge in [-0.3, -0.25) is 4.68 Å². The van der Waals surface area contributed by atoms with Gasteiger partial charge in [-0.2, -0.15) is 5.10 Å². The molecule has 4 aliphatic rings. The van der Waals surface area contributed by atoms with E-state index in [4.69, 9.17) is 0 Å². The molecule has 7 atom stereocenters. The summed E-state index contributed by atoms with van der Waals surface area (Å²) in [6, 6.07) is 0. The van der Waals surface area contributed by atoms with Crippen LogP contribution in [0, 0.1) is 34.5 Å². The van der Waals surface area contributed by atoms with Crippen LogP contribution in [0.2, 0.25) is 0 Å². The molecule has 3 heteroatoms. The Hall–Kier alpha value is -1.09. The van der Waals surface area contributed by atoms with Crippen LogP contribution in [-0.2, 0) is 7.05 Å². The van der Waals surface area contributed by atoms with E-state index in [1.165, 1.54) is 56.9 Å². The molecule has 3 nitrogen and oxygen atoms in total.